The van der Waals surface area contributed by atoms with Crippen molar-refractivity contribution in [2.45, 2.75) is 19.3 Å². The van der Waals surface area contributed by atoms with Gasteiger partial charge in [-0.25, -0.2) is 0 Å². The largest absolute Gasteiger partial charge is 0.573 e. The number of hydrogen-bond acceptors (Lipinski definition) is 3. The van der Waals surface area contributed by atoms with E-state index in [0.717, 1.165) is 0 Å². The van der Waals surface area contributed by atoms with E-state index in [4.69, 9.17) is 0 Å². The van der Waals surface area contributed by atoms with Crippen LogP contribution in [0.3, 0.4) is 0 Å². The second-order valence-corrected chi connectivity index (χ2v) is 5.18. The normalized spacial score (nSPS) is 12.5. The van der Waals surface area contributed by atoms with Crippen molar-refractivity contribution in [1.82, 2.24) is 9.88 Å². The number of rotatable bonds is 4. The Balaban J connectivity index is 2.06. The molecule has 0 spiro atoms. The molecule has 0 fully saturated rings. The lowest BCUT2D eigenvalue weighted by Gasteiger charge is -2.15. The Bertz CT molecular complexity index is 782. The minimum Gasteiger partial charge on any atom is -0.406 e. The van der Waals surface area contributed by atoms with Gasteiger partial charge in [0.1, 0.15) is 5.75 Å². The molecule has 8 heteroatoms. The van der Waals surface area contributed by atoms with Gasteiger partial charge in [-0.3, -0.25) is 9.59 Å². The number of amides is 1. The zero-order valence-corrected chi connectivity index (χ0v) is 12.9. The molecule has 0 bridgehead atoms. The van der Waals surface area contributed by atoms with Crippen molar-refractivity contribution in [2.75, 3.05) is 0 Å². The molecular weight excluding hydrogens is 325 g/mol. The molecule has 1 aromatic carbocycles. The minimum atomic E-state index is -4.75. The fourth-order valence-electron chi connectivity index (χ4n) is 2.01. The van der Waals surface area contributed by atoms with Crippen LogP contribution < -0.4 is 15.6 Å². The van der Waals surface area contributed by atoms with Crippen LogP contribution in [-0.2, 0) is 7.05 Å². The summed E-state index contributed by atoms with van der Waals surface area (Å²) in [5.41, 5.74) is 0.493. The first-order valence-electron chi connectivity index (χ1n) is 6.99. The Hall–Kier alpha value is -2.77. The molecule has 0 saturated heterocycles. The molecule has 0 aliphatic heterocycles. The van der Waals surface area contributed by atoms with Crippen LogP contribution >= 0.6 is 0 Å². The number of carbonyl (C=O) groups excluding carboxylic acids is 1. The number of pyridine rings is 1. The second kappa shape index (κ2) is 6.77. The van der Waals surface area contributed by atoms with E-state index in [-0.39, 0.29) is 16.9 Å². The SMILES string of the molecule is C[C@@H](NC(=O)c1ccn(C)c(=O)c1)c1ccc(OC(F)(F)F)cc1. The summed E-state index contributed by atoms with van der Waals surface area (Å²) < 4.78 is 41.5. The number of ether oxygens (including phenoxy) is 1. The third-order valence-electron chi connectivity index (χ3n) is 3.33. The topological polar surface area (TPSA) is 60.3 Å². The molecule has 2 aromatic rings. The summed E-state index contributed by atoms with van der Waals surface area (Å²) in [4.78, 5) is 23.6. The predicted molar refractivity (Wildman–Crippen MR) is 80.7 cm³/mol. The maximum absolute atomic E-state index is 12.1. The lowest BCUT2D eigenvalue weighted by Crippen LogP contribution is -2.28. The van der Waals surface area contributed by atoms with E-state index in [0.29, 0.717) is 5.56 Å². The van der Waals surface area contributed by atoms with Crippen molar-refractivity contribution in [2.24, 2.45) is 7.05 Å². The van der Waals surface area contributed by atoms with E-state index < -0.39 is 18.3 Å². The van der Waals surface area contributed by atoms with Gasteiger partial charge in [0.15, 0.2) is 0 Å². The van der Waals surface area contributed by atoms with Crippen LogP contribution in [0.1, 0.15) is 28.9 Å². The highest BCUT2D eigenvalue weighted by atomic mass is 19.4. The van der Waals surface area contributed by atoms with E-state index in [2.05, 4.69) is 10.1 Å². The van der Waals surface area contributed by atoms with Gasteiger partial charge in [0.2, 0.25) is 0 Å². The smallest absolute Gasteiger partial charge is 0.406 e. The number of nitrogens with one attached hydrogen (secondary N) is 1. The number of halogens is 3. The van der Waals surface area contributed by atoms with Crippen LogP contribution in [0.25, 0.3) is 0 Å². The molecular formula is C16H15F3N2O3. The first-order valence-corrected chi connectivity index (χ1v) is 6.99. The Labute approximate surface area is 135 Å². The van der Waals surface area contributed by atoms with Gasteiger partial charge in [-0.15, -0.1) is 13.2 Å². The number of hydrogen-bond donors (Lipinski definition) is 1. The number of benzene rings is 1. The summed E-state index contributed by atoms with van der Waals surface area (Å²) in [5.74, 6) is -0.785. The second-order valence-electron chi connectivity index (χ2n) is 5.18. The molecule has 1 heterocycles. The Kier molecular flexibility index (Phi) is 4.96. The first-order chi connectivity index (χ1) is 11.2. The van der Waals surface area contributed by atoms with Crippen molar-refractivity contribution in [1.29, 1.82) is 0 Å². The minimum absolute atomic E-state index is 0.210. The van der Waals surface area contributed by atoms with Gasteiger partial charge < -0.3 is 14.6 Å². The van der Waals surface area contributed by atoms with Crippen LogP contribution in [0.15, 0.2) is 47.4 Å². The highest BCUT2D eigenvalue weighted by Gasteiger charge is 2.31. The van der Waals surface area contributed by atoms with E-state index in [1.165, 1.54) is 47.2 Å². The molecule has 1 N–H and O–H groups in total. The third-order valence-corrected chi connectivity index (χ3v) is 3.33. The van der Waals surface area contributed by atoms with E-state index in [1.54, 1.807) is 14.0 Å². The lowest BCUT2D eigenvalue weighted by atomic mass is 10.1. The van der Waals surface area contributed by atoms with Crippen molar-refractivity contribution in [3.63, 3.8) is 0 Å². The zero-order chi connectivity index (χ0) is 17.9. The van der Waals surface area contributed by atoms with Crippen LogP contribution in [0, 0.1) is 0 Å². The first kappa shape index (κ1) is 17.6. The number of carbonyl (C=O) groups is 1. The fraction of sp³-hybridized carbons (Fsp3) is 0.250. The number of nitrogens with zero attached hydrogens (tertiary/aromatic N) is 1. The zero-order valence-electron chi connectivity index (χ0n) is 12.9. The Morgan fingerprint density at radius 2 is 1.83 bits per heavy atom. The van der Waals surface area contributed by atoms with Crippen molar-refractivity contribution in [3.8, 4) is 5.75 Å². The third kappa shape index (κ3) is 4.61. The quantitative estimate of drug-likeness (QED) is 0.931. The number of aromatic nitrogens is 1. The van der Waals surface area contributed by atoms with Crippen molar-refractivity contribution < 1.29 is 22.7 Å². The van der Waals surface area contributed by atoms with Gasteiger partial charge in [0, 0.05) is 24.9 Å². The van der Waals surface area contributed by atoms with Gasteiger partial charge in [-0.1, -0.05) is 12.1 Å². The van der Waals surface area contributed by atoms with Crippen LogP contribution in [0.2, 0.25) is 0 Å². The number of aryl methyl sites for hydroxylation is 1. The van der Waals surface area contributed by atoms with Gasteiger partial charge in [-0.05, 0) is 30.7 Å². The molecule has 2 rings (SSSR count). The summed E-state index contributed by atoms with van der Waals surface area (Å²) in [6.45, 7) is 1.68. The van der Waals surface area contributed by atoms with Crippen LogP contribution in [-0.4, -0.2) is 16.8 Å². The van der Waals surface area contributed by atoms with E-state index >= 15 is 0 Å². The summed E-state index contributed by atoms with van der Waals surface area (Å²) in [6.07, 6.45) is -3.27. The number of alkyl halides is 3. The summed E-state index contributed by atoms with van der Waals surface area (Å²) in [6, 6.07) is 7.45. The molecule has 0 saturated carbocycles. The molecule has 1 aromatic heterocycles. The maximum Gasteiger partial charge on any atom is 0.573 e. The molecule has 0 aliphatic carbocycles. The van der Waals surface area contributed by atoms with Gasteiger partial charge in [0.05, 0.1) is 6.04 Å². The van der Waals surface area contributed by atoms with Gasteiger partial charge in [-0.2, -0.15) is 0 Å². The average molecular weight is 340 g/mol. The molecule has 0 unspecified atom stereocenters. The van der Waals surface area contributed by atoms with Crippen molar-refractivity contribution in [3.05, 3.63) is 64.1 Å². The Morgan fingerprint density at radius 1 is 1.21 bits per heavy atom. The molecule has 1 amide bonds. The maximum atomic E-state index is 12.1. The van der Waals surface area contributed by atoms with E-state index in [1.807, 2.05) is 0 Å². The van der Waals surface area contributed by atoms with E-state index in [9.17, 15) is 22.8 Å². The Morgan fingerprint density at radius 3 is 2.38 bits per heavy atom. The standard InChI is InChI=1S/C16H15F3N2O3/c1-10(11-3-5-13(6-4-11)24-16(17,18)19)20-15(23)12-7-8-21(2)14(22)9-12/h3-10H,1-2H3,(H,20,23)/t10-/m1/s1. The van der Waals surface area contributed by atoms with Crippen LogP contribution in [0.4, 0.5) is 13.2 Å². The highest BCUT2D eigenvalue weighted by Crippen LogP contribution is 2.24. The monoisotopic (exact) mass is 340 g/mol. The molecule has 0 radical (unpaired) electrons. The van der Waals surface area contributed by atoms with Gasteiger partial charge >= 0.3 is 6.36 Å². The molecule has 1 atom stereocenters. The van der Waals surface area contributed by atoms with Gasteiger partial charge in [0.25, 0.3) is 11.5 Å². The molecule has 128 valence electrons. The van der Waals surface area contributed by atoms with Crippen LogP contribution in [0.5, 0.6) is 5.75 Å². The molecule has 5 nitrogen and oxygen atoms in total. The van der Waals surface area contributed by atoms with Crippen molar-refractivity contribution >= 4 is 5.91 Å². The summed E-state index contributed by atoms with van der Waals surface area (Å²) >= 11 is 0. The summed E-state index contributed by atoms with van der Waals surface area (Å²) in [7, 11) is 1.57. The summed E-state index contributed by atoms with van der Waals surface area (Å²) in [5, 5.41) is 2.68. The highest BCUT2D eigenvalue weighted by molar-refractivity contribution is 5.94. The average Bonchev–Trinajstić information content (AvgIpc) is 2.49. The fourth-order valence-corrected chi connectivity index (χ4v) is 2.01. The molecule has 24 heavy (non-hydrogen) atoms. The predicted octanol–water partition coefficient (Wildman–Crippen LogP) is 2.77. The molecule has 0 aliphatic rings. The lowest BCUT2D eigenvalue weighted by molar-refractivity contribution is -0.274.